The molecule has 0 saturated carbocycles. The van der Waals surface area contributed by atoms with Gasteiger partial charge in [-0.2, -0.15) is 4.68 Å². The van der Waals surface area contributed by atoms with Gasteiger partial charge in [-0.1, -0.05) is 83.7 Å². The highest BCUT2D eigenvalue weighted by atomic mass is 32.2. The highest BCUT2D eigenvalue weighted by Gasteiger charge is 2.12. The third kappa shape index (κ3) is 3.25. The Kier molecular flexibility index (Phi) is 4.50. The van der Waals surface area contributed by atoms with Crippen LogP contribution < -0.4 is 5.56 Å². The first-order valence-electron chi connectivity index (χ1n) is 9.07. The van der Waals surface area contributed by atoms with Crippen molar-refractivity contribution in [3.63, 3.8) is 0 Å². The molecule has 29 heavy (non-hydrogen) atoms. The first kappa shape index (κ1) is 17.5. The van der Waals surface area contributed by atoms with Crippen molar-refractivity contribution in [3.8, 4) is 11.3 Å². The molecule has 140 valence electrons. The average Bonchev–Trinajstić information content (AvgIpc) is 2.79. The van der Waals surface area contributed by atoms with E-state index in [1.54, 1.807) is 12.1 Å². The summed E-state index contributed by atoms with van der Waals surface area (Å²) in [5.41, 5.74) is 2.29. The molecule has 0 unspecified atom stereocenters. The molecular weight excluding hydrogens is 382 g/mol. The Morgan fingerprint density at radius 3 is 2.24 bits per heavy atom. The summed E-state index contributed by atoms with van der Waals surface area (Å²) in [7, 11) is 0. The zero-order valence-electron chi connectivity index (χ0n) is 15.3. The quantitative estimate of drug-likeness (QED) is 0.424. The lowest BCUT2D eigenvalue weighted by Crippen LogP contribution is -2.23. The van der Waals surface area contributed by atoms with Gasteiger partial charge in [0.15, 0.2) is 0 Å². The van der Waals surface area contributed by atoms with Gasteiger partial charge < -0.3 is 0 Å². The Hall–Kier alpha value is -3.58. The first-order chi connectivity index (χ1) is 14.3. The number of hydrogen-bond acceptors (Lipinski definition) is 6. The molecule has 7 heteroatoms. The molecule has 0 bridgehead atoms. The number of aromatic nitrogens is 5. The van der Waals surface area contributed by atoms with Gasteiger partial charge >= 0.3 is 0 Å². The van der Waals surface area contributed by atoms with Crippen LogP contribution >= 0.6 is 11.8 Å². The first-order valence-corrected chi connectivity index (χ1v) is 10.1. The van der Waals surface area contributed by atoms with Crippen LogP contribution in [0.25, 0.3) is 32.9 Å². The lowest BCUT2D eigenvalue weighted by atomic mass is 10.1. The fourth-order valence-corrected chi connectivity index (χ4v) is 4.07. The maximum Gasteiger partial charge on any atom is 0.278 e. The second-order valence-electron chi connectivity index (χ2n) is 6.45. The number of thioether (sulfide) groups is 1. The molecule has 0 N–H and O–H groups in total. The Morgan fingerprint density at radius 1 is 0.724 bits per heavy atom. The zero-order valence-corrected chi connectivity index (χ0v) is 16.1. The second-order valence-corrected chi connectivity index (χ2v) is 7.38. The summed E-state index contributed by atoms with van der Waals surface area (Å²) in [4.78, 5) is 12.7. The van der Waals surface area contributed by atoms with Crippen molar-refractivity contribution in [3.05, 3.63) is 89.2 Å². The summed E-state index contributed by atoms with van der Waals surface area (Å²) in [6, 6.07) is 25.2. The van der Waals surface area contributed by atoms with Crippen LogP contribution in [0.2, 0.25) is 0 Å². The maximum atomic E-state index is 12.7. The average molecular weight is 397 g/mol. The molecule has 0 radical (unpaired) electrons. The van der Waals surface area contributed by atoms with Crippen molar-refractivity contribution < 1.29 is 0 Å². The summed E-state index contributed by atoms with van der Waals surface area (Å²) < 4.78 is 1.36. The molecule has 5 aromatic rings. The van der Waals surface area contributed by atoms with Crippen molar-refractivity contribution in [1.82, 2.24) is 25.2 Å². The van der Waals surface area contributed by atoms with Gasteiger partial charge in [0.2, 0.25) is 0 Å². The van der Waals surface area contributed by atoms with Crippen molar-refractivity contribution in [2.45, 2.75) is 10.9 Å². The van der Waals surface area contributed by atoms with Crippen molar-refractivity contribution in [2.24, 2.45) is 0 Å². The molecule has 0 atom stereocenters. The molecule has 2 heterocycles. The van der Waals surface area contributed by atoms with Gasteiger partial charge in [0.1, 0.15) is 16.2 Å². The highest BCUT2D eigenvalue weighted by molar-refractivity contribution is 7.98. The van der Waals surface area contributed by atoms with E-state index in [2.05, 4.69) is 20.5 Å². The van der Waals surface area contributed by atoms with Crippen LogP contribution in [0.3, 0.4) is 0 Å². The van der Waals surface area contributed by atoms with Crippen LogP contribution in [0.5, 0.6) is 0 Å². The minimum absolute atomic E-state index is 0.165. The number of benzene rings is 3. The molecule has 0 fully saturated rings. The van der Waals surface area contributed by atoms with Gasteiger partial charge in [-0.15, -0.1) is 15.3 Å². The molecule has 3 aromatic carbocycles. The smallest absolute Gasteiger partial charge is 0.267 e. The van der Waals surface area contributed by atoms with Gasteiger partial charge in [-0.3, -0.25) is 4.79 Å². The molecule has 2 aromatic heterocycles. The largest absolute Gasteiger partial charge is 0.278 e. The Bertz CT molecular complexity index is 1380. The molecule has 0 aliphatic carbocycles. The maximum absolute atomic E-state index is 12.7. The van der Waals surface area contributed by atoms with E-state index in [-0.39, 0.29) is 5.56 Å². The highest BCUT2D eigenvalue weighted by Crippen LogP contribution is 2.31. The van der Waals surface area contributed by atoms with Crippen molar-refractivity contribution >= 4 is 33.4 Å². The van der Waals surface area contributed by atoms with Gasteiger partial charge in [-0.25, -0.2) is 0 Å². The fourth-order valence-electron chi connectivity index (χ4n) is 3.23. The third-order valence-corrected chi connectivity index (χ3v) is 5.60. The van der Waals surface area contributed by atoms with E-state index in [4.69, 9.17) is 0 Å². The Labute approximate surface area is 170 Å². The molecule has 0 spiro atoms. The summed E-state index contributed by atoms with van der Waals surface area (Å²) in [5.74, 6) is 0.306. The van der Waals surface area contributed by atoms with Crippen LogP contribution in [0.1, 0.15) is 0 Å². The number of rotatable bonds is 4. The topological polar surface area (TPSA) is 73.6 Å². The predicted molar refractivity (Wildman–Crippen MR) is 115 cm³/mol. The van der Waals surface area contributed by atoms with Crippen LogP contribution in [-0.4, -0.2) is 25.2 Å². The van der Waals surface area contributed by atoms with E-state index in [1.807, 2.05) is 66.7 Å². The monoisotopic (exact) mass is 397 g/mol. The van der Waals surface area contributed by atoms with Gasteiger partial charge in [-0.05, 0) is 12.1 Å². The van der Waals surface area contributed by atoms with E-state index < -0.39 is 0 Å². The fraction of sp³-hybridized carbons (Fsp3) is 0.0455. The van der Waals surface area contributed by atoms with Gasteiger partial charge in [0.25, 0.3) is 5.56 Å². The molecule has 6 nitrogen and oxygen atoms in total. The molecule has 5 rings (SSSR count). The summed E-state index contributed by atoms with van der Waals surface area (Å²) in [6.07, 6.45) is 0. The Balaban J connectivity index is 1.52. The molecule has 0 amide bonds. The zero-order chi connectivity index (χ0) is 19.6. The summed E-state index contributed by atoms with van der Waals surface area (Å²) in [6.45, 7) is 0. The third-order valence-electron chi connectivity index (χ3n) is 4.65. The van der Waals surface area contributed by atoms with E-state index in [1.165, 1.54) is 16.4 Å². The van der Waals surface area contributed by atoms with Crippen molar-refractivity contribution in [1.29, 1.82) is 0 Å². The molecule has 0 aliphatic heterocycles. The summed E-state index contributed by atoms with van der Waals surface area (Å²) in [5, 5.41) is 20.4. The molecular formula is C22H15N5OS. The molecule has 0 saturated heterocycles. The van der Waals surface area contributed by atoms with Gasteiger partial charge in [0.05, 0.1) is 11.3 Å². The van der Waals surface area contributed by atoms with E-state index in [9.17, 15) is 4.79 Å². The number of fused-ring (bicyclic) bond motifs is 2. The summed E-state index contributed by atoms with van der Waals surface area (Å²) >= 11 is 1.42. The van der Waals surface area contributed by atoms with E-state index in [0.717, 1.165) is 27.1 Å². The van der Waals surface area contributed by atoms with E-state index >= 15 is 0 Å². The lowest BCUT2D eigenvalue weighted by Gasteiger charge is -2.09. The minimum Gasteiger partial charge on any atom is -0.267 e. The van der Waals surface area contributed by atoms with Crippen molar-refractivity contribution in [2.75, 3.05) is 0 Å². The van der Waals surface area contributed by atoms with Crippen LogP contribution in [0.15, 0.2) is 88.7 Å². The lowest BCUT2D eigenvalue weighted by molar-refractivity contribution is 0.644. The van der Waals surface area contributed by atoms with Crippen LogP contribution in [0, 0.1) is 0 Å². The SMILES string of the molecule is O=c1c2ccccc2nnn1CSc1nnc(-c2ccccc2)c2ccccc12. The van der Waals surface area contributed by atoms with Crippen LogP contribution in [-0.2, 0) is 5.88 Å². The van der Waals surface area contributed by atoms with Gasteiger partial charge in [0, 0.05) is 16.3 Å². The normalized spacial score (nSPS) is 11.2. The predicted octanol–water partition coefficient (Wildman–Crippen LogP) is 4.15. The van der Waals surface area contributed by atoms with E-state index in [0.29, 0.717) is 16.8 Å². The van der Waals surface area contributed by atoms with Crippen LogP contribution in [0.4, 0.5) is 0 Å². The Morgan fingerprint density at radius 2 is 1.41 bits per heavy atom. The number of hydrogen-bond donors (Lipinski definition) is 0. The standard InChI is InChI=1S/C22H15N5OS/c28-22-18-12-6-7-13-19(18)23-26-27(22)14-29-21-17-11-5-4-10-16(17)20(24-25-21)15-8-2-1-3-9-15/h1-13H,14H2. The molecule has 0 aliphatic rings. The minimum atomic E-state index is -0.165. The number of nitrogens with zero attached hydrogens (tertiary/aromatic N) is 5. The second kappa shape index (κ2) is 7.44.